The van der Waals surface area contributed by atoms with Crippen LogP contribution in [0.3, 0.4) is 0 Å². The van der Waals surface area contributed by atoms with Crippen molar-refractivity contribution in [3.63, 3.8) is 0 Å². The maximum absolute atomic E-state index is 11.0. The van der Waals surface area contributed by atoms with Crippen molar-refractivity contribution in [1.29, 1.82) is 0 Å². The molecule has 0 spiro atoms. The predicted octanol–water partition coefficient (Wildman–Crippen LogP) is 2.22. The second-order valence-corrected chi connectivity index (χ2v) is 4.95. The highest BCUT2D eigenvalue weighted by atomic mass is 16.5. The van der Waals surface area contributed by atoms with Crippen molar-refractivity contribution in [2.75, 3.05) is 6.61 Å². The van der Waals surface area contributed by atoms with Gasteiger partial charge in [0.15, 0.2) is 0 Å². The van der Waals surface area contributed by atoms with Gasteiger partial charge >= 0.3 is 5.97 Å². The van der Waals surface area contributed by atoms with E-state index < -0.39 is 5.97 Å². The first-order chi connectivity index (χ1) is 8.68. The zero-order valence-corrected chi connectivity index (χ0v) is 10.8. The van der Waals surface area contributed by atoms with E-state index in [1.807, 2.05) is 0 Å². The zero-order valence-electron chi connectivity index (χ0n) is 10.8. The maximum Gasteiger partial charge on any atom is 0.339 e. The van der Waals surface area contributed by atoms with Gasteiger partial charge in [-0.2, -0.15) is 5.10 Å². The Morgan fingerprint density at radius 3 is 2.89 bits per heavy atom. The molecule has 0 radical (unpaired) electrons. The van der Waals surface area contributed by atoms with Crippen molar-refractivity contribution in [3.8, 4) is 0 Å². The van der Waals surface area contributed by atoms with E-state index in [9.17, 15) is 4.79 Å². The quantitative estimate of drug-likeness (QED) is 0.872. The summed E-state index contributed by atoms with van der Waals surface area (Å²) in [5.74, 6) is -0.306. The lowest BCUT2D eigenvalue weighted by atomic mass is 9.90. The third-order valence-corrected chi connectivity index (χ3v) is 3.61. The molecule has 0 aliphatic heterocycles. The molecule has 100 valence electrons. The summed E-state index contributed by atoms with van der Waals surface area (Å²) >= 11 is 0. The van der Waals surface area contributed by atoms with Crippen LogP contribution in [0.15, 0.2) is 6.20 Å². The number of carbonyl (C=O) groups is 1. The lowest BCUT2D eigenvalue weighted by Crippen LogP contribution is -2.15. The highest BCUT2D eigenvalue weighted by molar-refractivity contribution is 5.88. The lowest BCUT2D eigenvalue weighted by molar-refractivity contribution is 0.0636. The van der Waals surface area contributed by atoms with E-state index >= 15 is 0 Å². The minimum Gasteiger partial charge on any atom is -0.478 e. The van der Waals surface area contributed by atoms with Gasteiger partial charge in [-0.25, -0.2) is 4.79 Å². The molecule has 1 heterocycles. The zero-order chi connectivity index (χ0) is 13.0. The molecule has 1 saturated carbocycles. The monoisotopic (exact) mass is 252 g/mol. The van der Waals surface area contributed by atoms with Gasteiger partial charge < -0.3 is 9.84 Å². The average molecular weight is 252 g/mol. The molecule has 1 aromatic rings. The average Bonchev–Trinajstić information content (AvgIpc) is 2.73. The Morgan fingerprint density at radius 2 is 2.22 bits per heavy atom. The molecule has 1 aliphatic rings. The number of aromatic nitrogens is 2. The van der Waals surface area contributed by atoms with Crippen molar-refractivity contribution in [2.24, 2.45) is 13.0 Å². The third kappa shape index (κ3) is 3.10. The molecule has 1 N–H and O–H groups in total. The van der Waals surface area contributed by atoms with Crippen LogP contribution in [0.5, 0.6) is 0 Å². The highest BCUT2D eigenvalue weighted by Gasteiger charge is 2.17. The molecule has 1 aliphatic carbocycles. The summed E-state index contributed by atoms with van der Waals surface area (Å²) in [4.78, 5) is 11.0. The topological polar surface area (TPSA) is 64.4 Å². The molecule has 5 heteroatoms. The molecule has 0 atom stereocenters. The number of hydrogen-bond donors (Lipinski definition) is 1. The molecule has 1 aromatic heterocycles. The van der Waals surface area contributed by atoms with Crippen LogP contribution in [0.1, 0.15) is 48.2 Å². The standard InChI is InChI=1S/C13H20N2O3/c1-15-12(11(7-14-15)13(16)17)9-18-8-10-5-3-2-4-6-10/h7,10H,2-6,8-9H2,1H3,(H,16,17). The fourth-order valence-electron chi connectivity index (χ4n) is 2.49. The van der Waals surface area contributed by atoms with Crippen LogP contribution in [0, 0.1) is 5.92 Å². The van der Waals surface area contributed by atoms with Crippen molar-refractivity contribution in [1.82, 2.24) is 9.78 Å². The van der Waals surface area contributed by atoms with E-state index in [1.54, 1.807) is 11.7 Å². The number of carboxylic acid groups (broad SMARTS) is 1. The van der Waals surface area contributed by atoms with Crippen LogP contribution >= 0.6 is 0 Å². The Bertz CT molecular complexity index is 408. The molecule has 0 amide bonds. The largest absolute Gasteiger partial charge is 0.478 e. The van der Waals surface area contributed by atoms with Gasteiger partial charge in [0, 0.05) is 13.7 Å². The van der Waals surface area contributed by atoms with E-state index in [1.165, 1.54) is 38.3 Å². The van der Waals surface area contributed by atoms with Crippen molar-refractivity contribution in [2.45, 2.75) is 38.7 Å². The van der Waals surface area contributed by atoms with E-state index in [2.05, 4.69) is 5.10 Å². The molecular formula is C13H20N2O3. The molecule has 0 saturated heterocycles. The Labute approximate surface area is 107 Å². The highest BCUT2D eigenvalue weighted by Crippen LogP contribution is 2.24. The van der Waals surface area contributed by atoms with Crippen LogP contribution in [0.2, 0.25) is 0 Å². The molecule has 18 heavy (non-hydrogen) atoms. The van der Waals surface area contributed by atoms with Crippen molar-refractivity contribution in [3.05, 3.63) is 17.5 Å². The van der Waals surface area contributed by atoms with Crippen LogP contribution in [-0.4, -0.2) is 27.5 Å². The summed E-state index contributed by atoms with van der Waals surface area (Å²) in [5.41, 5.74) is 0.874. The van der Waals surface area contributed by atoms with Gasteiger partial charge in [-0.15, -0.1) is 0 Å². The van der Waals surface area contributed by atoms with Gasteiger partial charge in [-0.05, 0) is 18.8 Å². The van der Waals surface area contributed by atoms with E-state index in [4.69, 9.17) is 9.84 Å². The SMILES string of the molecule is Cn1ncc(C(=O)O)c1COCC1CCCCC1. The number of ether oxygens (including phenoxy) is 1. The number of carboxylic acids is 1. The molecule has 0 aromatic carbocycles. The summed E-state index contributed by atoms with van der Waals surface area (Å²) in [6, 6.07) is 0. The Hall–Kier alpha value is -1.36. The fraction of sp³-hybridized carbons (Fsp3) is 0.692. The van der Waals surface area contributed by atoms with Gasteiger partial charge in [-0.1, -0.05) is 19.3 Å². The second-order valence-electron chi connectivity index (χ2n) is 4.95. The number of nitrogens with zero attached hydrogens (tertiary/aromatic N) is 2. The number of aryl methyl sites for hydroxylation is 1. The number of aromatic carboxylic acids is 1. The van der Waals surface area contributed by atoms with Crippen LogP contribution in [0.25, 0.3) is 0 Å². The molecule has 1 fully saturated rings. The fourth-order valence-corrected chi connectivity index (χ4v) is 2.49. The maximum atomic E-state index is 11.0. The minimum absolute atomic E-state index is 0.237. The van der Waals surface area contributed by atoms with Gasteiger partial charge in [0.1, 0.15) is 5.56 Å². The summed E-state index contributed by atoms with van der Waals surface area (Å²) in [5, 5.41) is 13.0. The Kier molecular flexibility index (Phi) is 4.36. The molecular weight excluding hydrogens is 232 g/mol. The normalized spacial score (nSPS) is 16.9. The van der Waals surface area contributed by atoms with E-state index in [0.29, 0.717) is 18.2 Å². The smallest absolute Gasteiger partial charge is 0.339 e. The first kappa shape index (κ1) is 13.1. The molecule has 2 rings (SSSR count). The van der Waals surface area contributed by atoms with E-state index in [-0.39, 0.29) is 5.56 Å². The van der Waals surface area contributed by atoms with Crippen LogP contribution in [-0.2, 0) is 18.4 Å². The molecule has 0 bridgehead atoms. The second kappa shape index (κ2) is 6.00. The molecule has 5 nitrogen and oxygen atoms in total. The summed E-state index contributed by atoms with van der Waals surface area (Å²) < 4.78 is 7.24. The minimum atomic E-state index is -0.945. The van der Waals surface area contributed by atoms with Gasteiger partial charge in [0.25, 0.3) is 0 Å². The first-order valence-electron chi connectivity index (χ1n) is 6.50. The number of hydrogen-bond acceptors (Lipinski definition) is 3. The van der Waals surface area contributed by atoms with E-state index in [0.717, 1.165) is 6.61 Å². The summed E-state index contributed by atoms with van der Waals surface area (Å²) in [6.07, 6.45) is 7.76. The van der Waals surface area contributed by atoms with Crippen LogP contribution in [0.4, 0.5) is 0 Å². The van der Waals surface area contributed by atoms with Gasteiger partial charge in [-0.3, -0.25) is 4.68 Å². The van der Waals surface area contributed by atoms with Gasteiger partial charge in [0.05, 0.1) is 18.5 Å². The van der Waals surface area contributed by atoms with Crippen molar-refractivity contribution >= 4 is 5.97 Å². The van der Waals surface area contributed by atoms with Crippen LogP contribution < -0.4 is 0 Å². The van der Waals surface area contributed by atoms with Gasteiger partial charge in [0.2, 0.25) is 0 Å². The first-order valence-corrected chi connectivity index (χ1v) is 6.50. The third-order valence-electron chi connectivity index (χ3n) is 3.61. The Morgan fingerprint density at radius 1 is 1.50 bits per heavy atom. The predicted molar refractivity (Wildman–Crippen MR) is 66.4 cm³/mol. The lowest BCUT2D eigenvalue weighted by Gasteiger charge is -2.21. The summed E-state index contributed by atoms with van der Waals surface area (Å²) in [7, 11) is 1.74. The summed E-state index contributed by atoms with van der Waals surface area (Å²) in [6.45, 7) is 1.05. The molecule has 0 unspecified atom stereocenters. The van der Waals surface area contributed by atoms with Crippen molar-refractivity contribution < 1.29 is 14.6 Å². The number of rotatable bonds is 5. The Balaban J connectivity index is 1.85.